The van der Waals surface area contributed by atoms with Crippen molar-refractivity contribution in [3.8, 4) is 0 Å². The van der Waals surface area contributed by atoms with Gasteiger partial charge >= 0.3 is 11.9 Å². The van der Waals surface area contributed by atoms with Crippen molar-refractivity contribution < 1.29 is 23.9 Å². The molecule has 0 fully saturated rings. The summed E-state index contributed by atoms with van der Waals surface area (Å²) in [5.41, 5.74) is 0. The summed E-state index contributed by atoms with van der Waals surface area (Å²) in [5, 5.41) is 0. The minimum Gasteiger partial charge on any atom is -0.468 e. The summed E-state index contributed by atoms with van der Waals surface area (Å²) < 4.78 is 9.45. The van der Waals surface area contributed by atoms with Gasteiger partial charge in [-0.2, -0.15) is 0 Å². The van der Waals surface area contributed by atoms with Crippen molar-refractivity contribution in [2.24, 2.45) is 17.8 Å². The third-order valence-electron chi connectivity index (χ3n) is 3.83. The van der Waals surface area contributed by atoms with Crippen LogP contribution in [0.15, 0.2) is 0 Å². The Kier molecular flexibility index (Phi) is 10.5. The van der Waals surface area contributed by atoms with Crippen LogP contribution in [-0.4, -0.2) is 32.4 Å². The molecule has 0 amide bonds. The molecule has 122 valence electrons. The summed E-state index contributed by atoms with van der Waals surface area (Å²) in [6.45, 7) is 4.05. The second-order valence-corrected chi connectivity index (χ2v) is 5.27. The lowest BCUT2D eigenvalue weighted by Gasteiger charge is -2.27. The molecule has 0 N–H and O–H groups in total. The molecule has 0 saturated heterocycles. The third-order valence-corrected chi connectivity index (χ3v) is 3.83. The Morgan fingerprint density at radius 3 is 1.90 bits per heavy atom. The van der Waals surface area contributed by atoms with Crippen LogP contribution in [0.2, 0.25) is 0 Å². The molecule has 0 rings (SSSR count). The average molecular weight is 300 g/mol. The van der Waals surface area contributed by atoms with Gasteiger partial charge in [0.05, 0.1) is 14.2 Å². The molecule has 0 aromatic carbocycles. The maximum atomic E-state index is 11.9. The van der Waals surface area contributed by atoms with Crippen LogP contribution in [0.4, 0.5) is 0 Å². The highest BCUT2D eigenvalue weighted by atomic mass is 16.5. The molecule has 5 heteroatoms. The van der Waals surface area contributed by atoms with E-state index in [0.29, 0.717) is 12.8 Å². The minimum absolute atomic E-state index is 0.320. The van der Waals surface area contributed by atoms with Gasteiger partial charge in [-0.1, -0.05) is 39.5 Å². The highest BCUT2D eigenvalue weighted by Gasteiger charge is 2.40. The molecule has 0 heterocycles. The Morgan fingerprint density at radius 2 is 1.52 bits per heavy atom. The highest BCUT2D eigenvalue weighted by Crippen LogP contribution is 2.31. The SMILES string of the molecule is CCCCCC(C=O)C(CCC)C(C(=O)OC)C(=O)OC. The van der Waals surface area contributed by atoms with Crippen molar-refractivity contribution in [3.05, 3.63) is 0 Å². The fourth-order valence-corrected chi connectivity index (χ4v) is 2.67. The number of aldehydes is 1. The van der Waals surface area contributed by atoms with E-state index in [9.17, 15) is 14.4 Å². The second kappa shape index (κ2) is 11.3. The van der Waals surface area contributed by atoms with Crippen molar-refractivity contribution in [3.63, 3.8) is 0 Å². The predicted octanol–water partition coefficient (Wildman–Crippen LogP) is 2.76. The number of esters is 2. The van der Waals surface area contributed by atoms with Gasteiger partial charge in [-0.25, -0.2) is 0 Å². The van der Waals surface area contributed by atoms with E-state index in [4.69, 9.17) is 9.47 Å². The molecule has 5 nitrogen and oxygen atoms in total. The normalized spacial score (nSPS) is 13.6. The van der Waals surface area contributed by atoms with Crippen LogP contribution in [0, 0.1) is 17.8 Å². The number of methoxy groups -OCH3 is 2. The number of hydrogen-bond acceptors (Lipinski definition) is 5. The molecule has 0 saturated carbocycles. The van der Waals surface area contributed by atoms with Gasteiger partial charge in [-0.3, -0.25) is 9.59 Å². The van der Waals surface area contributed by atoms with E-state index in [1.54, 1.807) is 0 Å². The third kappa shape index (κ3) is 6.27. The molecule has 0 aliphatic heterocycles. The van der Waals surface area contributed by atoms with Gasteiger partial charge in [0.15, 0.2) is 5.92 Å². The van der Waals surface area contributed by atoms with Crippen molar-refractivity contribution in [2.45, 2.75) is 52.4 Å². The van der Waals surface area contributed by atoms with Crippen molar-refractivity contribution >= 4 is 18.2 Å². The van der Waals surface area contributed by atoms with Crippen molar-refractivity contribution in [2.75, 3.05) is 14.2 Å². The van der Waals surface area contributed by atoms with Gasteiger partial charge in [0, 0.05) is 5.92 Å². The van der Waals surface area contributed by atoms with E-state index in [0.717, 1.165) is 32.0 Å². The van der Waals surface area contributed by atoms with E-state index < -0.39 is 17.9 Å². The lowest BCUT2D eigenvalue weighted by Crippen LogP contribution is -2.37. The van der Waals surface area contributed by atoms with Crippen LogP contribution in [0.3, 0.4) is 0 Å². The lowest BCUT2D eigenvalue weighted by molar-refractivity contribution is -0.163. The summed E-state index contributed by atoms with van der Waals surface area (Å²) in [7, 11) is 2.49. The van der Waals surface area contributed by atoms with Crippen LogP contribution in [0.5, 0.6) is 0 Å². The zero-order valence-electron chi connectivity index (χ0n) is 13.6. The molecule has 0 bridgehead atoms. The first-order chi connectivity index (χ1) is 10.1. The number of carbonyl (C=O) groups is 3. The van der Waals surface area contributed by atoms with Crippen LogP contribution >= 0.6 is 0 Å². The fraction of sp³-hybridized carbons (Fsp3) is 0.812. The Bertz CT molecular complexity index is 311. The van der Waals surface area contributed by atoms with E-state index in [1.807, 2.05) is 6.92 Å². The average Bonchev–Trinajstić information content (AvgIpc) is 2.50. The Morgan fingerprint density at radius 1 is 0.952 bits per heavy atom. The van der Waals surface area contributed by atoms with Gasteiger partial charge in [0.25, 0.3) is 0 Å². The summed E-state index contributed by atoms with van der Waals surface area (Å²) in [4.78, 5) is 35.3. The second-order valence-electron chi connectivity index (χ2n) is 5.27. The minimum atomic E-state index is -1.02. The van der Waals surface area contributed by atoms with E-state index >= 15 is 0 Å². The topological polar surface area (TPSA) is 69.7 Å². The van der Waals surface area contributed by atoms with Gasteiger partial charge in [0.2, 0.25) is 0 Å². The van der Waals surface area contributed by atoms with Gasteiger partial charge < -0.3 is 14.3 Å². The van der Waals surface area contributed by atoms with E-state index in [2.05, 4.69) is 6.92 Å². The standard InChI is InChI=1S/C16H28O5/c1-5-7-8-10-12(11-17)13(9-6-2)14(15(18)20-3)16(19)21-4/h11-14H,5-10H2,1-4H3. The summed E-state index contributed by atoms with van der Waals surface area (Å²) >= 11 is 0. The van der Waals surface area contributed by atoms with Crippen LogP contribution in [-0.2, 0) is 23.9 Å². The Labute approximate surface area is 127 Å². The molecule has 2 atom stereocenters. The number of carbonyl (C=O) groups excluding carboxylic acids is 3. The van der Waals surface area contributed by atoms with Gasteiger partial charge in [-0.15, -0.1) is 0 Å². The van der Waals surface area contributed by atoms with E-state index in [-0.39, 0.29) is 11.8 Å². The maximum Gasteiger partial charge on any atom is 0.320 e. The number of unbranched alkanes of at least 4 members (excludes halogenated alkanes) is 2. The monoisotopic (exact) mass is 300 g/mol. The van der Waals surface area contributed by atoms with E-state index in [1.165, 1.54) is 14.2 Å². The Hall–Kier alpha value is -1.39. The van der Waals surface area contributed by atoms with Gasteiger partial charge in [0.1, 0.15) is 6.29 Å². The number of ether oxygens (including phenoxy) is 2. The first kappa shape index (κ1) is 19.6. The van der Waals surface area contributed by atoms with Crippen LogP contribution < -0.4 is 0 Å². The molecule has 0 aliphatic rings. The number of hydrogen-bond donors (Lipinski definition) is 0. The molecule has 21 heavy (non-hydrogen) atoms. The maximum absolute atomic E-state index is 11.9. The largest absolute Gasteiger partial charge is 0.468 e. The van der Waals surface area contributed by atoms with Crippen molar-refractivity contribution in [1.82, 2.24) is 0 Å². The first-order valence-corrected chi connectivity index (χ1v) is 7.68. The quantitative estimate of drug-likeness (QED) is 0.254. The Balaban J connectivity index is 5.19. The first-order valence-electron chi connectivity index (χ1n) is 7.68. The smallest absolute Gasteiger partial charge is 0.320 e. The predicted molar refractivity (Wildman–Crippen MR) is 79.6 cm³/mol. The summed E-state index contributed by atoms with van der Waals surface area (Å²) in [6, 6.07) is 0. The molecule has 0 radical (unpaired) electrons. The summed E-state index contributed by atoms with van der Waals surface area (Å²) in [5.74, 6) is -2.94. The zero-order valence-corrected chi connectivity index (χ0v) is 13.6. The molecule has 0 spiro atoms. The lowest BCUT2D eigenvalue weighted by atomic mass is 9.77. The molecular formula is C16H28O5. The molecule has 0 aliphatic carbocycles. The van der Waals surface area contributed by atoms with Gasteiger partial charge in [-0.05, 0) is 18.8 Å². The highest BCUT2D eigenvalue weighted by molar-refractivity contribution is 5.95. The van der Waals surface area contributed by atoms with Crippen LogP contribution in [0.25, 0.3) is 0 Å². The molecule has 0 aromatic heterocycles. The van der Waals surface area contributed by atoms with Crippen LogP contribution in [0.1, 0.15) is 52.4 Å². The molecular weight excluding hydrogens is 272 g/mol. The number of rotatable bonds is 11. The fourth-order valence-electron chi connectivity index (χ4n) is 2.67. The summed E-state index contributed by atoms with van der Waals surface area (Å²) in [6.07, 6.45) is 5.96. The van der Waals surface area contributed by atoms with Crippen molar-refractivity contribution in [1.29, 1.82) is 0 Å². The molecule has 0 aromatic rings. The zero-order chi connectivity index (χ0) is 16.3. The molecule has 2 unspecified atom stereocenters.